The van der Waals surface area contributed by atoms with E-state index in [9.17, 15) is 18.4 Å². The number of benzene rings is 2. The summed E-state index contributed by atoms with van der Waals surface area (Å²) in [5.74, 6) is -2.63. The standard InChI is InChI=1S/C20H17ClF2O2/c1-2-11-6-7-12(19-15(22)9-13(21)10-16(19)23)8-14(11)20-17(24)4-3-5-18(20)25/h6-10,20H,2-5H2,1H3. The van der Waals surface area contributed by atoms with Gasteiger partial charge in [-0.15, -0.1) is 0 Å². The molecule has 0 amide bonds. The molecule has 0 atom stereocenters. The Balaban J connectivity index is 2.16. The number of carbonyl (C=O) groups excluding carboxylic acids is 2. The summed E-state index contributed by atoms with van der Waals surface area (Å²) in [5, 5.41) is -0.0261. The van der Waals surface area contributed by atoms with Gasteiger partial charge in [0, 0.05) is 17.9 Å². The van der Waals surface area contributed by atoms with E-state index in [0.717, 1.165) is 17.7 Å². The zero-order valence-corrected chi connectivity index (χ0v) is 14.5. The lowest BCUT2D eigenvalue weighted by Gasteiger charge is -2.23. The predicted molar refractivity (Wildman–Crippen MR) is 92.8 cm³/mol. The molecule has 0 aliphatic heterocycles. The van der Waals surface area contributed by atoms with Crippen molar-refractivity contribution in [2.75, 3.05) is 0 Å². The van der Waals surface area contributed by atoms with E-state index in [0.29, 0.717) is 36.8 Å². The highest BCUT2D eigenvalue weighted by Gasteiger charge is 2.33. The third-order valence-corrected chi connectivity index (χ3v) is 4.84. The highest BCUT2D eigenvalue weighted by atomic mass is 35.5. The Morgan fingerprint density at radius 1 is 1.04 bits per heavy atom. The molecule has 0 heterocycles. The van der Waals surface area contributed by atoms with Gasteiger partial charge in [0.25, 0.3) is 0 Å². The van der Waals surface area contributed by atoms with Crippen molar-refractivity contribution < 1.29 is 18.4 Å². The molecule has 0 bridgehead atoms. The molecular weight excluding hydrogens is 346 g/mol. The number of aryl methyl sites for hydroxylation is 1. The van der Waals surface area contributed by atoms with Crippen molar-refractivity contribution in [1.29, 1.82) is 0 Å². The molecule has 0 N–H and O–H groups in total. The maximum atomic E-state index is 14.2. The summed E-state index contributed by atoms with van der Waals surface area (Å²) in [6, 6.07) is 7.00. The third kappa shape index (κ3) is 3.36. The van der Waals surface area contributed by atoms with E-state index >= 15 is 0 Å². The Morgan fingerprint density at radius 2 is 1.64 bits per heavy atom. The second-order valence-electron chi connectivity index (χ2n) is 6.23. The molecule has 1 fully saturated rings. The fourth-order valence-electron chi connectivity index (χ4n) is 3.41. The Labute approximate surface area is 149 Å². The van der Waals surface area contributed by atoms with Crippen LogP contribution in [0.25, 0.3) is 11.1 Å². The highest BCUT2D eigenvalue weighted by molar-refractivity contribution is 6.30. The van der Waals surface area contributed by atoms with E-state index in [1.165, 1.54) is 0 Å². The number of hydrogen-bond acceptors (Lipinski definition) is 2. The molecule has 2 aromatic carbocycles. The molecule has 25 heavy (non-hydrogen) atoms. The van der Waals surface area contributed by atoms with Crippen molar-refractivity contribution in [3.05, 3.63) is 58.1 Å². The van der Waals surface area contributed by atoms with E-state index < -0.39 is 17.6 Å². The monoisotopic (exact) mass is 362 g/mol. The number of hydrogen-bond donors (Lipinski definition) is 0. The molecule has 2 aromatic rings. The van der Waals surface area contributed by atoms with Crippen LogP contribution < -0.4 is 0 Å². The minimum absolute atomic E-state index is 0.0261. The topological polar surface area (TPSA) is 34.1 Å². The number of carbonyl (C=O) groups is 2. The van der Waals surface area contributed by atoms with Crippen LogP contribution in [0.1, 0.15) is 43.2 Å². The van der Waals surface area contributed by atoms with Crippen molar-refractivity contribution in [2.24, 2.45) is 0 Å². The molecule has 130 valence electrons. The first-order valence-electron chi connectivity index (χ1n) is 8.25. The van der Waals surface area contributed by atoms with Crippen LogP contribution in [0.15, 0.2) is 30.3 Å². The fraction of sp³-hybridized carbons (Fsp3) is 0.300. The van der Waals surface area contributed by atoms with Crippen molar-refractivity contribution in [3.8, 4) is 11.1 Å². The van der Waals surface area contributed by atoms with E-state index in [1.807, 2.05) is 6.92 Å². The second kappa shape index (κ2) is 7.04. The number of ketones is 2. The molecule has 3 rings (SSSR count). The van der Waals surface area contributed by atoms with Gasteiger partial charge in [-0.2, -0.15) is 0 Å². The Hall–Kier alpha value is -2.07. The average molecular weight is 363 g/mol. The van der Waals surface area contributed by atoms with Crippen LogP contribution in [-0.4, -0.2) is 11.6 Å². The Kier molecular flexibility index (Phi) is 5.00. The molecule has 0 spiro atoms. The lowest BCUT2D eigenvalue weighted by atomic mass is 9.78. The largest absolute Gasteiger partial charge is 0.299 e. The SMILES string of the molecule is CCc1ccc(-c2c(F)cc(Cl)cc2F)cc1C1C(=O)CCCC1=O. The normalized spacial score (nSPS) is 15.7. The molecular formula is C20H17ClF2O2. The summed E-state index contributed by atoms with van der Waals surface area (Å²) in [7, 11) is 0. The van der Waals surface area contributed by atoms with Gasteiger partial charge in [-0.25, -0.2) is 8.78 Å². The summed E-state index contributed by atoms with van der Waals surface area (Å²) in [6.07, 6.45) is 1.90. The quantitative estimate of drug-likeness (QED) is 0.698. The van der Waals surface area contributed by atoms with Gasteiger partial charge in [0.1, 0.15) is 29.1 Å². The lowest BCUT2D eigenvalue weighted by Crippen LogP contribution is -2.27. The lowest BCUT2D eigenvalue weighted by molar-refractivity contribution is -0.131. The van der Waals surface area contributed by atoms with E-state index in [4.69, 9.17) is 11.6 Å². The molecule has 1 aliphatic carbocycles. The van der Waals surface area contributed by atoms with Crippen molar-refractivity contribution in [3.63, 3.8) is 0 Å². The van der Waals surface area contributed by atoms with Gasteiger partial charge in [-0.1, -0.05) is 30.7 Å². The van der Waals surface area contributed by atoms with Gasteiger partial charge in [-0.3, -0.25) is 9.59 Å². The zero-order valence-electron chi connectivity index (χ0n) is 13.7. The minimum atomic E-state index is -0.831. The highest BCUT2D eigenvalue weighted by Crippen LogP contribution is 2.35. The predicted octanol–water partition coefficient (Wildman–Crippen LogP) is 5.25. The molecule has 0 saturated heterocycles. The maximum Gasteiger partial charge on any atom is 0.147 e. The first-order chi connectivity index (χ1) is 11.9. The molecule has 0 radical (unpaired) electrons. The van der Waals surface area contributed by atoms with Crippen LogP contribution in [0.3, 0.4) is 0 Å². The smallest absolute Gasteiger partial charge is 0.147 e. The summed E-state index contributed by atoms with van der Waals surface area (Å²) in [6.45, 7) is 1.92. The fourth-order valence-corrected chi connectivity index (χ4v) is 3.60. The summed E-state index contributed by atoms with van der Waals surface area (Å²) >= 11 is 5.68. The van der Waals surface area contributed by atoms with Gasteiger partial charge < -0.3 is 0 Å². The molecule has 0 unspecified atom stereocenters. The van der Waals surface area contributed by atoms with Gasteiger partial charge in [-0.05, 0) is 47.7 Å². The molecule has 1 saturated carbocycles. The first-order valence-corrected chi connectivity index (χ1v) is 8.63. The van der Waals surface area contributed by atoms with Gasteiger partial charge in [0.2, 0.25) is 0 Å². The second-order valence-corrected chi connectivity index (χ2v) is 6.67. The van der Waals surface area contributed by atoms with Crippen LogP contribution in [0.4, 0.5) is 8.78 Å². The van der Waals surface area contributed by atoms with Crippen molar-refractivity contribution in [1.82, 2.24) is 0 Å². The first kappa shape index (κ1) is 17.7. The van der Waals surface area contributed by atoms with Crippen molar-refractivity contribution in [2.45, 2.75) is 38.5 Å². The molecule has 1 aliphatic rings. The van der Waals surface area contributed by atoms with Gasteiger partial charge >= 0.3 is 0 Å². The Bertz CT molecular complexity index is 822. The maximum absolute atomic E-state index is 14.2. The third-order valence-electron chi connectivity index (χ3n) is 4.62. The van der Waals surface area contributed by atoms with Crippen LogP contribution >= 0.6 is 11.6 Å². The molecule has 5 heteroatoms. The minimum Gasteiger partial charge on any atom is -0.299 e. The van der Waals surface area contributed by atoms with Gasteiger partial charge in [0.15, 0.2) is 0 Å². The number of halogens is 3. The van der Waals surface area contributed by atoms with E-state index in [1.54, 1.807) is 18.2 Å². The summed E-state index contributed by atoms with van der Waals surface area (Å²) < 4.78 is 28.5. The number of rotatable bonds is 3. The zero-order chi connectivity index (χ0) is 18.1. The van der Waals surface area contributed by atoms with E-state index in [2.05, 4.69) is 0 Å². The molecule has 2 nitrogen and oxygen atoms in total. The van der Waals surface area contributed by atoms with Crippen LogP contribution in [-0.2, 0) is 16.0 Å². The summed E-state index contributed by atoms with van der Waals surface area (Å²) in [4.78, 5) is 24.6. The van der Waals surface area contributed by atoms with Crippen LogP contribution in [0.2, 0.25) is 5.02 Å². The van der Waals surface area contributed by atoms with Crippen LogP contribution in [0.5, 0.6) is 0 Å². The average Bonchev–Trinajstić information content (AvgIpc) is 2.54. The van der Waals surface area contributed by atoms with E-state index in [-0.39, 0.29) is 22.2 Å². The van der Waals surface area contributed by atoms with Crippen LogP contribution in [0, 0.1) is 11.6 Å². The molecule has 0 aromatic heterocycles. The van der Waals surface area contributed by atoms with Gasteiger partial charge in [0.05, 0.1) is 5.56 Å². The van der Waals surface area contributed by atoms with Crippen molar-refractivity contribution >= 4 is 23.2 Å². The number of Topliss-reactive ketones (excluding diaryl/α,β-unsaturated/α-hetero) is 2. The Morgan fingerprint density at radius 3 is 2.20 bits per heavy atom. The summed E-state index contributed by atoms with van der Waals surface area (Å²) in [5.41, 5.74) is 1.49.